The van der Waals surface area contributed by atoms with Gasteiger partial charge in [-0.15, -0.1) is 0 Å². The van der Waals surface area contributed by atoms with E-state index in [4.69, 9.17) is 11.6 Å². The lowest BCUT2D eigenvalue weighted by atomic mass is 9.69. The molecule has 2 fully saturated rings. The average molecular weight is 419 g/mol. The molecule has 1 saturated heterocycles. The molecule has 1 aromatic heterocycles. The Labute approximate surface area is 177 Å². The molecule has 3 rings (SSSR count). The zero-order chi connectivity index (χ0) is 21.0. The summed E-state index contributed by atoms with van der Waals surface area (Å²) in [7, 11) is 0. The van der Waals surface area contributed by atoms with Gasteiger partial charge in [0.05, 0.1) is 6.54 Å². The second kappa shape index (κ2) is 9.08. The van der Waals surface area contributed by atoms with E-state index in [1.165, 1.54) is 0 Å². The van der Waals surface area contributed by atoms with Gasteiger partial charge < -0.3 is 20.5 Å². The number of carbonyl (C=O) groups is 2. The highest BCUT2D eigenvalue weighted by molar-refractivity contribution is 6.33. The number of nitrogens with zero attached hydrogens (tertiary/aromatic N) is 1. The SMILES string of the molecule is C=c1[nH]c(CNC(=O)N[C@@H]2CCCN(C(=O)C3(C)CCC3)C2)c/c1=C/C(Cl)=C\C. The maximum atomic E-state index is 12.7. The minimum Gasteiger partial charge on any atom is -0.357 e. The first kappa shape index (κ1) is 21.5. The molecule has 158 valence electrons. The van der Waals surface area contributed by atoms with Gasteiger partial charge in [-0.2, -0.15) is 0 Å². The lowest BCUT2D eigenvalue weighted by molar-refractivity contribution is -0.147. The number of hydrogen-bond donors (Lipinski definition) is 3. The Morgan fingerprint density at radius 3 is 2.83 bits per heavy atom. The average Bonchev–Trinajstić information content (AvgIpc) is 3.03. The van der Waals surface area contributed by atoms with Crippen LogP contribution in [-0.4, -0.2) is 41.0 Å². The van der Waals surface area contributed by atoms with Gasteiger partial charge >= 0.3 is 6.03 Å². The van der Waals surface area contributed by atoms with Gasteiger partial charge in [0.2, 0.25) is 5.91 Å². The number of allylic oxidation sites excluding steroid dienone is 2. The highest BCUT2D eigenvalue weighted by atomic mass is 35.5. The third kappa shape index (κ3) is 5.24. The molecule has 1 aliphatic carbocycles. The summed E-state index contributed by atoms with van der Waals surface area (Å²) < 4.78 is 0. The Morgan fingerprint density at radius 1 is 1.41 bits per heavy atom. The monoisotopic (exact) mass is 418 g/mol. The molecule has 0 bridgehead atoms. The molecule has 0 spiro atoms. The fourth-order valence-corrected chi connectivity index (χ4v) is 4.14. The number of urea groups is 1. The number of hydrogen-bond acceptors (Lipinski definition) is 2. The van der Waals surface area contributed by atoms with Gasteiger partial charge in [-0.3, -0.25) is 4.79 Å². The molecule has 1 aliphatic heterocycles. The van der Waals surface area contributed by atoms with Crippen LogP contribution in [0, 0.1) is 5.41 Å². The van der Waals surface area contributed by atoms with Gasteiger partial charge in [0.25, 0.3) is 0 Å². The molecular formula is C22H31ClN4O2. The third-order valence-corrected chi connectivity index (χ3v) is 6.34. The van der Waals surface area contributed by atoms with Crippen molar-refractivity contribution in [3.63, 3.8) is 0 Å². The van der Waals surface area contributed by atoms with E-state index in [-0.39, 0.29) is 23.4 Å². The van der Waals surface area contributed by atoms with Crippen LogP contribution in [0.5, 0.6) is 0 Å². The summed E-state index contributed by atoms with van der Waals surface area (Å²) in [5, 5.41) is 8.18. The number of nitrogens with one attached hydrogen (secondary N) is 3. The van der Waals surface area contributed by atoms with Crippen LogP contribution in [0.1, 0.15) is 51.6 Å². The highest BCUT2D eigenvalue weighted by Gasteiger charge is 2.42. The molecule has 7 heteroatoms. The molecule has 0 aromatic carbocycles. The van der Waals surface area contributed by atoms with E-state index in [0.29, 0.717) is 18.1 Å². The van der Waals surface area contributed by atoms with Gasteiger partial charge in [-0.25, -0.2) is 4.79 Å². The predicted molar refractivity (Wildman–Crippen MR) is 117 cm³/mol. The zero-order valence-corrected chi connectivity index (χ0v) is 18.1. The lowest BCUT2D eigenvalue weighted by Crippen LogP contribution is -2.55. The van der Waals surface area contributed by atoms with E-state index in [0.717, 1.165) is 54.9 Å². The second-order valence-electron chi connectivity index (χ2n) is 8.38. The van der Waals surface area contributed by atoms with Gasteiger partial charge in [0.15, 0.2) is 0 Å². The van der Waals surface area contributed by atoms with Gasteiger partial charge in [-0.05, 0) is 44.7 Å². The minimum atomic E-state index is -0.226. The largest absolute Gasteiger partial charge is 0.357 e. The molecule has 1 aromatic rings. The smallest absolute Gasteiger partial charge is 0.315 e. The van der Waals surface area contributed by atoms with E-state index in [1.54, 1.807) is 0 Å². The van der Waals surface area contributed by atoms with Crippen LogP contribution in [0.15, 0.2) is 17.2 Å². The zero-order valence-electron chi connectivity index (χ0n) is 17.3. The second-order valence-corrected chi connectivity index (χ2v) is 8.81. The standard InChI is InChI=1S/C22H31ClN4O2/c1-4-17(23)11-16-12-19(25-15(16)2)13-24-21(29)26-18-7-5-10-27(14-18)20(28)22(3)8-6-9-22/h4,11-12,18,25H,2,5-10,13-14H2,1,3H3,(H2,24,26,29)/b16-11-,17-4+/t18-/m1/s1. The Bertz CT molecular complexity index is 900. The Morgan fingerprint density at radius 2 is 2.17 bits per heavy atom. The summed E-state index contributed by atoms with van der Waals surface area (Å²) in [6.07, 6.45) is 8.53. The summed E-state index contributed by atoms with van der Waals surface area (Å²) in [5.41, 5.74) is 0.671. The number of piperidine rings is 1. The van der Waals surface area contributed by atoms with Gasteiger partial charge in [0, 0.05) is 45.8 Å². The van der Waals surface area contributed by atoms with Crippen LogP contribution in [0.4, 0.5) is 4.79 Å². The van der Waals surface area contributed by atoms with Crippen molar-refractivity contribution < 1.29 is 9.59 Å². The summed E-state index contributed by atoms with van der Waals surface area (Å²) >= 11 is 6.05. The number of amides is 3. The summed E-state index contributed by atoms with van der Waals surface area (Å²) in [6.45, 7) is 9.64. The maximum Gasteiger partial charge on any atom is 0.315 e. The van der Waals surface area contributed by atoms with Crippen molar-refractivity contribution in [3.8, 4) is 0 Å². The lowest BCUT2D eigenvalue weighted by Gasteiger charge is -2.43. The van der Waals surface area contributed by atoms with Crippen molar-refractivity contribution in [1.82, 2.24) is 20.5 Å². The van der Waals surface area contributed by atoms with Crippen LogP contribution >= 0.6 is 11.6 Å². The van der Waals surface area contributed by atoms with Crippen LogP contribution < -0.4 is 21.2 Å². The van der Waals surface area contributed by atoms with Gasteiger partial charge in [-0.1, -0.05) is 37.6 Å². The van der Waals surface area contributed by atoms with Crippen molar-refractivity contribution >= 4 is 36.2 Å². The Kier molecular flexibility index (Phi) is 6.73. The number of rotatable bonds is 5. The molecule has 1 saturated carbocycles. The maximum absolute atomic E-state index is 12.7. The van der Waals surface area contributed by atoms with Crippen molar-refractivity contribution in [2.45, 2.75) is 58.5 Å². The molecule has 3 amide bonds. The first-order valence-corrected chi connectivity index (χ1v) is 10.7. The van der Waals surface area contributed by atoms with Crippen LogP contribution in [0.3, 0.4) is 0 Å². The third-order valence-electron chi connectivity index (χ3n) is 6.02. The van der Waals surface area contributed by atoms with Crippen molar-refractivity contribution in [2.75, 3.05) is 13.1 Å². The molecule has 0 unspecified atom stereocenters. The molecule has 6 nitrogen and oxygen atoms in total. The summed E-state index contributed by atoms with van der Waals surface area (Å²) in [6, 6.07) is 1.69. The molecule has 0 radical (unpaired) electrons. The van der Waals surface area contributed by atoms with Crippen LogP contribution in [-0.2, 0) is 11.3 Å². The fourth-order valence-electron chi connectivity index (χ4n) is 4.03. The first-order chi connectivity index (χ1) is 13.8. The molecule has 1 atom stereocenters. The fraction of sp³-hybridized carbons (Fsp3) is 0.545. The Hall–Kier alpha value is -2.21. The predicted octanol–water partition coefficient (Wildman–Crippen LogP) is 2.33. The number of H-pyrrole nitrogens is 1. The number of aromatic amines is 1. The Balaban J connectivity index is 1.51. The number of halogens is 1. The summed E-state index contributed by atoms with van der Waals surface area (Å²) in [5.74, 6) is 0.244. The highest BCUT2D eigenvalue weighted by Crippen LogP contribution is 2.42. The topological polar surface area (TPSA) is 77.2 Å². The first-order valence-electron chi connectivity index (χ1n) is 10.3. The van der Waals surface area contributed by atoms with E-state index >= 15 is 0 Å². The molecule has 2 heterocycles. The number of aromatic nitrogens is 1. The van der Waals surface area contributed by atoms with E-state index < -0.39 is 0 Å². The molecular weight excluding hydrogens is 388 g/mol. The van der Waals surface area contributed by atoms with Gasteiger partial charge in [0.1, 0.15) is 0 Å². The van der Waals surface area contributed by atoms with Crippen LogP contribution in [0.25, 0.3) is 12.7 Å². The van der Waals surface area contributed by atoms with Crippen molar-refractivity contribution in [3.05, 3.63) is 33.4 Å². The number of carbonyl (C=O) groups excluding carboxylic acids is 2. The van der Waals surface area contributed by atoms with E-state index in [2.05, 4.69) is 29.1 Å². The minimum absolute atomic E-state index is 0.0131. The normalized spacial score (nSPS) is 22.2. The number of likely N-dealkylation sites (tertiary alicyclic amines) is 1. The molecule has 2 aliphatic rings. The van der Waals surface area contributed by atoms with E-state index in [9.17, 15) is 9.59 Å². The van der Waals surface area contributed by atoms with E-state index in [1.807, 2.05) is 30.0 Å². The molecule has 3 N–H and O–H groups in total. The van der Waals surface area contributed by atoms with Crippen LogP contribution in [0.2, 0.25) is 0 Å². The van der Waals surface area contributed by atoms with Crippen molar-refractivity contribution in [2.24, 2.45) is 5.41 Å². The van der Waals surface area contributed by atoms with Crippen molar-refractivity contribution in [1.29, 1.82) is 0 Å². The molecule has 29 heavy (non-hydrogen) atoms. The quantitative estimate of drug-likeness (QED) is 0.686. The summed E-state index contributed by atoms with van der Waals surface area (Å²) in [4.78, 5) is 30.2.